The van der Waals surface area contributed by atoms with E-state index in [0.29, 0.717) is 25.7 Å². The maximum absolute atomic E-state index is 12.6. The van der Waals surface area contributed by atoms with Crippen molar-refractivity contribution in [1.82, 2.24) is 0 Å². The van der Waals surface area contributed by atoms with Crippen LogP contribution in [0.25, 0.3) is 0 Å². The van der Waals surface area contributed by atoms with E-state index in [1.165, 1.54) is 0 Å². The topological polar surface area (TPSA) is 101 Å². The van der Waals surface area contributed by atoms with Gasteiger partial charge in [0.1, 0.15) is 0 Å². The molecule has 0 spiro atoms. The number of hydrogen-bond acceptors (Lipinski definition) is 4. The van der Waals surface area contributed by atoms with Gasteiger partial charge in [-0.25, -0.2) is 0 Å². The Hall–Kier alpha value is -1.59. The quantitative estimate of drug-likeness (QED) is 0.469. The van der Waals surface area contributed by atoms with Gasteiger partial charge in [0, 0.05) is 17.4 Å². The smallest absolute Gasteiger partial charge is 0.309 e. The van der Waals surface area contributed by atoms with Gasteiger partial charge in [-0.2, -0.15) is 0 Å². The van der Waals surface area contributed by atoms with Crippen LogP contribution in [0.4, 0.5) is 0 Å². The number of carboxylic acids is 2. The predicted molar refractivity (Wildman–Crippen MR) is 83.9 cm³/mol. The number of carboxylic acid groups (broad SMARTS) is 2. The highest BCUT2D eigenvalue weighted by molar-refractivity contribution is 5.81. The SMILES string of the molecule is [2H]C1([2H])C(C(=O)O)C(C(=O)OCCCC(C)CCCC(=O)O)C([2H])([2H])C([2H])([2H])C1([2H])[2H]. The van der Waals surface area contributed by atoms with E-state index < -0.39 is 55.2 Å². The molecule has 23 heavy (non-hydrogen) atoms. The van der Waals surface area contributed by atoms with Gasteiger partial charge in [-0.3, -0.25) is 14.4 Å². The van der Waals surface area contributed by atoms with Crippen LogP contribution in [-0.2, 0) is 19.1 Å². The van der Waals surface area contributed by atoms with Crippen LogP contribution in [0.15, 0.2) is 0 Å². The minimum absolute atomic E-state index is 0.0319. The number of rotatable bonds is 10. The molecule has 1 saturated carbocycles. The van der Waals surface area contributed by atoms with E-state index in [4.69, 9.17) is 20.8 Å². The molecule has 3 atom stereocenters. The fraction of sp³-hybridized carbons (Fsp3) is 0.824. The molecular weight excluding hydrogens is 300 g/mol. The van der Waals surface area contributed by atoms with Crippen molar-refractivity contribution in [3.8, 4) is 0 Å². The summed E-state index contributed by atoms with van der Waals surface area (Å²) in [5, 5.41) is 18.1. The molecule has 0 bridgehead atoms. The zero-order valence-electron chi connectivity index (χ0n) is 21.0. The molecule has 1 aliphatic carbocycles. The largest absolute Gasteiger partial charge is 0.481 e. The van der Waals surface area contributed by atoms with Gasteiger partial charge in [0.05, 0.1) is 18.4 Å². The van der Waals surface area contributed by atoms with Gasteiger partial charge in [0.25, 0.3) is 0 Å². The first-order valence-electron chi connectivity index (χ1n) is 11.5. The van der Waals surface area contributed by atoms with Crippen LogP contribution in [0.1, 0.15) is 75.5 Å². The average molecular weight is 336 g/mol. The fourth-order valence-corrected chi connectivity index (χ4v) is 2.23. The molecular formula is C17H28O6. The van der Waals surface area contributed by atoms with E-state index in [-0.39, 0.29) is 18.9 Å². The molecule has 6 heteroatoms. The normalized spacial score (nSPS) is 36.2. The summed E-state index contributed by atoms with van der Waals surface area (Å²) in [6.07, 6.45) is -11.8. The van der Waals surface area contributed by atoms with Crippen molar-refractivity contribution < 1.29 is 40.3 Å². The summed E-state index contributed by atoms with van der Waals surface area (Å²) >= 11 is 0. The lowest BCUT2D eigenvalue weighted by Gasteiger charge is -2.26. The summed E-state index contributed by atoms with van der Waals surface area (Å²) in [7, 11) is 0. The van der Waals surface area contributed by atoms with E-state index in [9.17, 15) is 19.5 Å². The van der Waals surface area contributed by atoms with Crippen LogP contribution >= 0.6 is 0 Å². The number of carbonyl (C=O) groups excluding carboxylic acids is 1. The molecule has 6 nitrogen and oxygen atoms in total. The van der Waals surface area contributed by atoms with Crippen molar-refractivity contribution >= 4 is 17.9 Å². The van der Waals surface area contributed by atoms with Gasteiger partial charge in [-0.1, -0.05) is 26.1 Å². The summed E-state index contributed by atoms with van der Waals surface area (Å²) in [4.78, 5) is 34.8. The highest BCUT2D eigenvalue weighted by atomic mass is 16.5. The van der Waals surface area contributed by atoms with Gasteiger partial charge >= 0.3 is 17.9 Å². The van der Waals surface area contributed by atoms with E-state index in [2.05, 4.69) is 0 Å². The molecule has 0 amide bonds. The molecule has 0 aliphatic heterocycles. The molecule has 0 aromatic heterocycles. The maximum atomic E-state index is 12.6. The third-order valence-corrected chi connectivity index (χ3v) is 3.54. The Balaban J connectivity index is 2.91. The van der Waals surface area contributed by atoms with Gasteiger partial charge in [0.2, 0.25) is 0 Å². The molecule has 0 heterocycles. The van der Waals surface area contributed by atoms with Gasteiger partial charge in [0.15, 0.2) is 0 Å². The summed E-state index contributed by atoms with van der Waals surface area (Å²) in [5.41, 5.74) is 0. The number of hydrogen-bond donors (Lipinski definition) is 2. The Morgan fingerprint density at radius 2 is 1.74 bits per heavy atom. The molecule has 0 radical (unpaired) electrons. The zero-order chi connectivity index (χ0) is 24.4. The maximum Gasteiger partial charge on any atom is 0.309 e. The first-order chi connectivity index (χ1) is 13.9. The molecule has 1 rings (SSSR count). The molecule has 1 aliphatic rings. The van der Waals surface area contributed by atoms with Crippen molar-refractivity contribution in [2.24, 2.45) is 17.8 Å². The van der Waals surface area contributed by atoms with Crippen LogP contribution in [-0.4, -0.2) is 34.7 Å². The third kappa shape index (κ3) is 7.48. The second-order valence-electron chi connectivity index (χ2n) is 5.53. The molecule has 0 aromatic carbocycles. The lowest BCUT2D eigenvalue weighted by molar-refractivity contribution is -0.159. The van der Waals surface area contributed by atoms with Crippen molar-refractivity contribution in [2.45, 2.75) is 64.5 Å². The summed E-state index contributed by atoms with van der Waals surface area (Å²) in [5.74, 6) is -9.10. The Morgan fingerprint density at radius 1 is 1.13 bits per heavy atom. The standard InChI is InChI=1S/C17H28O6/c1-12(6-4-10-15(18)19)7-5-11-23-17(22)14-9-3-2-8-13(14)16(20)21/h12-14H,2-11H2,1H3,(H,18,19)(H,20,21)/i2D2,3D2,8D2,9D2. The van der Waals surface area contributed by atoms with Crippen molar-refractivity contribution in [3.63, 3.8) is 0 Å². The molecule has 0 aromatic rings. The highest BCUT2D eigenvalue weighted by Gasteiger charge is 2.36. The lowest BCUT2D eigenvalue weighted by Crippen LogP contribution is -2.34. The van der Waals surface area contributed by atoms with Gasteiger partial charge < -0.3 is 14.9 Å². The zero-order valence-corrected chi connectivity index (χ0v) is 13.0. The molecule has 132 valence electrons. The first kappa shape index (κ1) is 10.3. The minimum atomic E-state index is -3.53. The second-order valence-corrected chi connectivity index (χ2v) is 5.53. The molecule has 2 N–H and O–H groups in total. The van der Waals surface area contributed by atoms with Crippen molar-refractivity contribution in [2.75, 3.05) is 6.61 Å². The Morgan fingerprint density at radius 3 is 2.35 bits per heavy atom. The second kappa shape index (κ2) is 10.2. The lowest BCUT2D eigenvalue weighted by atomic mass is 9.79. The van der Waals surface area contributed by atoms with Crippen LogP contribution in [0.3, 0.4) is 0 Å². The van der Waals surface area contributed by atoms with Crippen LogP contribution in [0.2, 0.25) is 0 Å². The van der Waals surface area contributed by atoms with E-state index >= 15 is 0 Å². The Bertz CT molecular complexity index is 696. The highest BCUT2D eigenvalue weighted by Crippen LogP contribution is 2.31. The van der Waals surface area contributed by atoms with Crippen LogP contribution in [0, 0.1) is 17.8 Å². The van der Waals surface area contributed by atoms with Crippen molar-refractivity contribution in [3.05, 3.63) is 0 Å². The van der Waals surface area contributed by atoms with Crippen LogP contribution < -0.4 is 0 Å². The first-order valence-corrected chi connectivity index (χ1v) is 7.54. The summed E-state index contributed by atoms with van der Waals surface area (Å²) < 4.78 is 68.0. The number of esters is 1. The Kier molecular flexibility index (Phi) is 4.59. The Labute approximate surface area is 148 Å². The van der Waals surface area contributed by atoms with E-state index in [1.54, 1.807) is 0 Å². The van der Waals surface area contributed by atoms with Gasteiger partial charge in [-0.05, 0) is 37.9 Å². The van der Waals surface area contributed by atoms with Gasteiger partial charge in [-0.15, -0.1) is 0 Å². The molecule has 0 saturated heterocycles. The van der Waals surface area contributed by atoms with Crippen LogP contribution in [0.5, 0.6) is 0 Å². The average Bonchev–Trinajstić information content (AvgIpc) is 2.60. The molecule has 3 unspecified atom stereocenters. The summed E-state index contributed by atoms with van der Waals surface area (Å²) in [6.45, 7) is 1.62. The number of carbonyl (C=O) groups is 3. The minimum Gasteiger partial charge on any atom is -0.481 e. The van der Waals surface area contributed by atoms with Crippen molar-refractivity contribution in [1.29, 1.82) is 0 Å². The molecule has 1 fully saturated rings. The number of ether oxygens (including phenoxy) is 1. The van der Waals surface area contributed by atoms with E-state index in [0.717, 1.165) is 0 Å². The predicted octanol–water partition coefficient (Wildman–Crippen LogP) is 3.09. The number of aliphatic carboxylic acids is 2. The summed E-state index contributed by atoms with van der Waals surface area (Å²) in [6, 6.07) is 0. The monoisotopic (exact) mass is 336 g/mol. The third-order valence-electron chi connectivity index (χ3n) is 3.54. The fourth-order valence-electron chi connectivity index (χ4n) is 2.23. The van der Waals surface area contributed by atoms with E-state index in [1.807, 2.05) is 6.92 Å².